The molecule has 2 N–H and O–H groups in total. The zero-order valence-corrected chi connectivity index (χ0v) is 13.3. The predicted octanol–water partition coefficient (Wildman–Crippen LogP) is 4.14. The molecule has 0 amide bonds. The van der Waals surface area contributed by atoms with E-state index < -0.39 is 0 Å². The number of nitrogens with zero attached hydrogens (tertiary/aromatic N) is 2. The van der Waals surface area contributed by atoms with E-state index in [9.17, 15) is 0 Å². The minimum absolute atomic E-state index is 0.450. The molecule has 0 bridgehead atoms. The molecule has 3 rings (SSSR count). The average molecular weight is 283 g/mol. The van der Waals surface area contributed by atoms with Gasteiger partial charge in [-0.15, -0.1) is 0 Å². The zero-order valence-electron chi connectivity index (χ0n) is 13.3. The minimum atomic E-state index is 0.450. The van der Waals surface area contributed by atoms with Gasteiger partial charge in [0.05, 0.1) is 5.52 Å². The Bertz CT molecular complexity index is 661. The van der Waals surface area contributed by atoms with Crippen molar-refractivity contribution in [1.29, 1.82) is 0 Å². The Morgan fingerprint density at radius 1 is 1.14 bits per heavy atom. The van der Waals surface area contributed by atoms with Gasteiger partial charge in [0.2, 0.25) is 0 Å². The van der Waals surface area contributed by atoms with E-state index in [0.29, 0.717) is 5.41 Å². The van der Waals surface area contributed by atoms with Crippen LogP contribution in [-0.4, -0.2) is 18.1 Å². The van der Waals surface area contributed by atoms with Gasteiger partial charge in [0.15, 0.2) is 0 Å². The van der Waals surface area contributed by atoms with E-state index in [2.05, 4.69) is 42.8 Å². The lowest BCUT2D eigenvalue weighted by atomic mass is 9.85. The van der Waals surface area contributed by atoms with E-state index in [1.165, 1.54) is 30.3 Å². The molecule has 21 heavy (non-hydrogen) atoms. The SMILES string of the molecule is Cc1cc(N2CCCC(C)(C)CC2)c2cc(N)ccc2n1. The molecule has 0 atom stereocenters. The second kappa shape index (κ2) is 5.21. The molecule has 1 aromatic heterocycles. The molecule has 0 saturated carbocycles. The molecule has 1 aromatic carbocycles. The number of aromatic nitrogens is 1. The van der Waals surface area contributed by atoms with Gasteiger partial charge >= 0.3 is 0 Å². The summed E-state index contributed by atoms with van der Waals surface area (Å²) in [5.41, 5.74) is 10.7. The fourth-order valence-corrected chi connectivity index (χ4v) is 3.28. The smallest absolute Gasteiger partial charge is 0.0727 e. The van der Waals surface area contributed by atoms with Crippen molar-refractivity contribution in [2.75, 3.05) is 23.7 Å². The van der Waals surface area contributed by atoms with Crippen LogP contribution in [0.2, 0.25) is 0 Å². The van der Waals surface area contributed by atoms with Crippen LogP contribution in [0.5, 0.6) is 0 Å². The quantitative estimate of drug-likeness (QED) is 0.800. The lowest BCUT2D eigenvalue weighted by Gasteiger charge is -2.26. The molecule has 0 spiro atoms. The van der Waals surface area contributed by atoms with E-state index in [-0.39, 0.29) is 0 Å². The van der Waals surface area contributed by atoms with Crippen LogP contribution in [0, 0.1) is 12.3 Å². The summed E-state index contributed by atoms with van der Waals surface area (Å²) in [6, 6.07) is 8.24. The predicted molar refractivity (Wildman–Crippen MR) is 90.7 cm³/mol. The summed E-state index contributed by atoms with van der Waals surface area (Å²) in [5, 5.41) is 1.18. The highest BCUT2D eigenvalue weighted by atomic mass is 15.1. The number of nitrogens with two attached hydrogens (primary N) is 1. The van der Waals surface area contributed by atoms with Crippen LogP contribution in [0.15, 0.2) is 24.3 Å². The summed E-state index contributed by atoms with van der Waals surface area (Å²) in [4.78, 5) is 7.16. The van der Waals surface area contributed by atoms with Gasteiger partial charge in [-0.3, -0.25) is 4.98 Å². The lowest BCUT2D eigenvalue weighted by Crippen LogP contribution is -2.25. The van der Waals surface area contributed by atoms with Crippen molar-refractivity contribution in [3.8, 4) is 0 Å². The average Bonchev–Trinajstić information content (AvgIpc) is 2.59. The molecule has 0 radical (unpaired) electrons. The summed E-state index contributed by atoms with van der Waals surface area (Å²) in [5.74, 6) is 0. The van der Waals surface area contributed by atoms with Crippen molar-refractivity contribution in [3.63, 3.8) is 0 Å². The largest absolute Gasteiger partial charge is 0.399 e. The number of pyridine rings is 1. The molecule has 0 unspecified atom stereocenters. The third-order valence-corrected chi connectivity index (χ3v) is 4.62. The van der Waals surface area contributed by atoms with Crippen molar-refractivity contribution in [1.82, 2.24) is 4.98 Å². The van der Waals surface area contributed by atoms with Crippen LogP contribution in [0.4, 0.5) is 11.4 Å². The van der Waals surface area contributed by atoms with Crippen molar-refractivity contribution in [2.24, 2.45) is 5.41 Å². The Balaban J connectivity index is 2.04. The molecule has 1 saturated heterocycles. The number of hydrogen-bond donors (Lipinski definition) is 1. The molecule has 3 nitrogen and oxygen atoms in total. The number of benzene rings is 1. The molecule has 2 aromatic rings. The number of rotatable bonds is 1. The highest BCUT2D eigenvalue weighted by molar-refractivity contribution is 5.94. The molecule has 2 heterocycles. The van der Waals surface area contributed by atoms with E-state index in [1.54, 1.807) is 0 Å². The Morgan fingerprint density at radius 3 is 2.76 bits per heavy atom. The van der Waals surface area contributed by atoms with Crippen molar-refractivity contribution >= 4 is 22.3 Å². The first-order valence-corrected chi connectivity index (χ1v) is 7.86. The van der Waals surface area contributed by atoms with E-state index in [1.807, 2.05) is 12.1 Å². The molecule has 1 aliphatic heterocycles. The van der Waals surface area contributed by atoms with Crippen LogP contribution in [0.25, 0.3) is 10.9 Å². The topological polar surface area (TPSA) is 42.1 Å². The fraction of sp³-hybridized carbons (Fsp3) is 0.500. The van der Waals surface area contributed by atoms with E-state index >= 15 is 0 Å². The maximum atomic E-state index is 5.99. The van der Waals surface area contributed by atoms with E-state index in [0.717, 1.165) is 30.0 Å². The molecule has 112 valence electrons. The van der Waals surface area contributed by atoms with Crippen LogP contribution >= 0.6 is 0 Å². The van der Waals surface area contributed by atoms with Crippen LogP contribution in [0.1, 0.15) is 38.8 Å². The molecule has 0 aliphatic carbocycles. The van der Waals surface area contributed by atoms with Crippen LogP contribution in [-0.2, 0) is 0 Å². The highest BCUT2D eigenvalue weighted by Gasteiger charge is 2.24. The summed E-state index contributed by atoms with van der Waals surface area (Å²) in [7, 11) is 0. The van der Waals surface area contributed by atoms with Gasteiger partial charge in [0.1, 0.15) is 0 Å². The van der Waals surface area contributed by atoms with Gasteiger partial charge in [-0.2, -0.15) is 0 Å². The maximum Gasteiger partial charge on any atom is 0.0727 e. The normalized spacial score (nSPS) is 18.7. The number of hydrogen-bond acceptors (Lipinski definition) is 3. The lowest BCUT2D eigenvalue weighted by molar-refractivity contribution is 0.325. The standard InChI is InChI=1S/C18H25N3/c1-13-11-17(15-12-14(19)5-6-16(15)20-13)21-9-4-7-18(2,3)8-10-21/h5-6,11-12H,4,7-10,19H2,1-3H3. The maximum absolute atomic E-state index is 5.99. The highest BCUT2D eigenvalue weighted by Crippen LogP contribution is 2.34. The zero-order chi connectivity index (χ0) is 15.0. The van der Waals surface area contributed by atoms with Gasteiger partial charge in [0.25, 0.3) is 0 Å². The summed E-state index contributed by atoms with van der Waals surface area (Å²) >= 11 is 0. The Morgan fingerprint density at radius 2 is 1.95 bits per heavy atom. The molecular weight excluding hydrogens is 258 g/mol. The summed E-state index contributed by atoms with van der Waals surface area (Å²) < 4.78 is 0. The van der Waals surface area contributed by atoms with Gasteiger partial charge in [-0.05, 0) is 55.9 Å². The molecule has 1 fully saturated rings. The first-order chi connectivity index (χ1) is 9.94. The van der Waals surface area contributed by atoms with E-state index in [4.69, 9.17) is 5.73 Å². The third-order valence-electron chi connectivity index (χ3n) is 4.62. The van der Waals surface area contributed by atoms with Gasteiger partial charge in [-0.25, -0.2) is 0 Å². The van der Waals surface area contributed by atoms with Crippen LogP contribution < -0.4 is 10.6 Å². The first-order valence-electron chi connectivity index (χ1n) is 7.86. The van der Waals surface area contributed by atoms with Gasteiger partial charge in [0, 0.05) is 35.5 Å². The second-order valence-corrected chi connectivity index (χ2v) is 7.06. The monoisotopic (exact) mass is 283 g/mol. The summed E-state index contributed by atoms with van der Waals surface area (Å²) in [6.45, 7) is 9.06. The van der Waals surface area contributed by atoms with Gasteiger partial charge < -0.3 is 10.6 Å². The molecule has 3 heteroatoms. The van der Waals surface area contributed by atoms with Crippen molar-refractivity contribution in [3.05, 3.63) is 30.0 Å². The Kier molecular flexibility index (Phi) is 3.52. The fourth-order valence-electron chi connectivity index (χ4n) is 3.28. The second-order valence-electron chi connectivity index (χ2n) is 7.06. The Hall–Kier alpha value is -1.77. The number of nitrogen functional groups attached to an aromatic ring is 1. The third kappa shape index (κ3) is 2.97. The molecular formula is C18H25N3. The van der Waals surface area contributed by atoms with Crippen LogP contribution in [0.3, 0.4) is 0 Å². The van der Waals surface area contributed by atoms with Gasteiger partial charge in [-0.1, -0.05) is 13.8 Å². The first kappa shape index (κ1) is 14.2. The van der Waals surface area contributed by atoms with Crippen molar-refractivity contribution in [2.45, 2.75) is 40.0 Å². The summed E-state index contributed by atoms with van der Waals surface area (Å²) in [6.07, 6.45) is 3.78. The Labute approximate surface area is 127 Å². The van der Waals surface area contributed by atoms with Crippen molar-refractivity contribution < 1.29 is 0 Å². The number of fused-ring (bicyclic) bond motifs is 1. The number of anilines is 2. The molecule has 1 aliphatic rings. The minimum Gasteiger partial charge on any atom is -0.399 e. The number of aryl methyl sites for hydroxylation is 1.